The molecule has 0 radical (unpaired) electrons. The number of benzene rings is 2. The number of hydrogen-bond acceptors (Lipinski definition) is 4. The van der Waals surface area contributed by atoms with E-state index >= 15 is 0 Å². The van der Waals surface area contributed by atoms with E-state index in [9.17, 15) is 4.79 Å². The number of thiophene rings is 1. The van der Waals surface area contributed by atoms with Crippen LogP contribution in [-0.2, 0) is 6.42 Å². The van der Waals surface area contributed by atoms with Crippen molar-refractivity contribution in [1.29, 1.82) is 0 Å². The molecule has 3 aromatic heterocycles. The van der Waals surface area contributed by atoms with Crippen LogP contribution >= 0.6 is 45.9 Å². The van der Waals surface area contributed by atoms with Crippen molar-refractivity contribution in [3.8, 4) is 5.69 Å². The van der Waals surface area contributed by atoms with Crippen LogP contribution in [0, 0.1) is 13.8 Å². The number of rotatable bonds is 3. The van der Waals surface area contributed by atoms with Gasteiger partial charge in [-0.3, -0.25) is 9.36 Å². The highest BCUT2D eigenvalue weighted by Crippen LogP contribution is 2.42. The monoisotopic (exact) mass is 587 g/mol. The Morgan fingerprint density at radius 2 is 1.85 bits per heavy atom. The predicted octanol–water partition coefficient (Wildman–Crippen LogP) is 7.09. The molecule has 0 N–H and O–H groups in total. The fourth-order valence-corrected chi connectivity index (χ4v) is 7.95. The van der Waals surface area contributed by atoms with Gasteiger partial charge in [0, 0.05) is 27.5 Å². The molecule has 2 aromatic carbocycles. The summed E-state index contributed by atoms with van der Waals surface area (Å²) in [6.45, 7) is 4.11. The number of aromatic nitrogens is 2. The van der Waals surface area contributed by atoms with Gasteiger partial charge in [-0.1, -0.05) is 64.9 Å². The highest BCUT2D eigenvalue weighted by atomic mass is 35.5. The minimum absolute atomic E-state index is 0.00176. The van der Waals surface area contributed by atoms with Crippen molar-refractivity contribution in [2.24, 2.45) is 4.99 Å². The van der Waals surface area contributed by atoms with Gasteiger partial charge in [-0.2, -0.15) is 0 Å². The van der Waals surface area contributed by atoms with Crippen molar-refractivity contribution in [1.82, 2.24) is 9.13 Å². The van der Waals surface area contributed by atoms with Crippen molar-refractivity contribution in [2.45, 2.75) is 32.7 Å². The fourth-order valence-electron chi connectivity index (χ4n) is 5.81. The van der Waals surface area contributed by atoms with Gasteiger partial charge in [0.25, 0.3) is 5.56 Å². The van der Waals surface area contributed by atoms with Gasteiger partial charge in [0.2, 0.25) is 0 Å². The van der Waals surface area contributed by atoms with Crippen molar-refractivity contribution in [3.63, 3.8) is 0 Å². The predicted molar refractivity (Wildman–Crippen MR) is 162 cm³/mol. The Balaban J connectivity index is 1.42. The summed E-state index contributed by atoms with van der Waals surface area (Å²) < 4.78 is 4.72. The van der Waals surface area contributed by atoms with Crippen molar-refractivity contribution < 1.29 is 0 Å². The summed E-state index contributed by atoms with van der Waals surface area (Å²) in [6.07, 6.45) is 3.85. The lowest BCUT2D eigenvalue weighted by Crippen LogP contribution is -2.38. The maximum absolute atomic E-state index is 14.0. The molecule has 0 saturated heterocycles. The number of aryl methyl sites for hydroxylation is 2. The van der Waals surface area contributed by atoms with E-state index in [0.717, 1.165) is 46.0 Å². The summed E-state index contributed by atoms with van der Waals surface area (Å²) in [7, 11) is 0. The molecule has 39 heavy (non-hydrogen) atoms. The highest BCUT2D eigenvalue weighted by Gasteiger charge is 2.33. The molecule has 4 heterocycles. The van der Waals surface area contributed by atoms with E-state index in [0.29, 0.717) is 14.6 Å². The fraction of sp³-hybridized carbons (Fsp3) is 0.161. The lowest BCUT2D eigenvalue weighted by Gasteiger charge is -2.30. The van der Waals surface area contributed by atoms with E-state index in [1.807, 2.05) is 22.8 Å². The lowest BCUT2D eigenvalue weighted by atomic mass is 9.85. The van der Waals surface area contributed by atoms with Crippen LogP contribution in [0.25, 0.3) is 17.5 Å². The molecule has 1 aliphatic heterocycles. The Bertz CT molecular complexity index is 1990. The zero-order valence-corrected chi connectivity index (χ0v) is 24.4. The molecular weight excluding hydrogens is 565 g/mol. The third-order valence-corrected chi connectivity index (χ3v) is 10.3. The summed E-state index contributed by atoms with van der Waals surface area (Å²) in [5.41, 5.74) is 8.76. The van der Waals surface area contributed by atoms with Crippen LogP contribution in [0.1, 0.15) is 45.4 Å². The van der Waals surface area contributed by atoms with Gasteiger partial charge in [-0.25, -0.2) is 4.99 Å². The molecule has 0 bridgehead atoms. The van der Waals surface area contributed by atoms with Crippen LogP contribution in [0.2, 0.25) is 10.0 Å². The Labute approximate surface area is 243 Å². The minimum atomic E-state index is -0.129. The molecule has 5 aromatic rings. The first-order chi connectivity index (χ1) is 18.9. The first-order valence-corrected chi connectivity index (χ1v) is 15.2. The number of hydrogen-bond donors (Lipinski definition) is 0. The molecule has 0 spiro atoms. The normalized spacial score (nSPS) is 16.6. The number of allylic oxidation sites excluding steroid dienone is 1. The quantitative estimate of drug-likeness (QED) is 0.222. The van der Waals surface area contributed by atoms with E-state index < -0.39 is 0 Å². The van der Waals surface area contributed by atoms with Crippen LogP contribution in [0.4, 0.5) is 0 Å². The molecule has 8 heteroatoms. The zero-order valence-electron chi connectivity index (χ0n) is 21.2. The average Bonchev–Trinajstić information content (AvgIpc) is 3.64. The second-order valence-corrected chi connectivity index (χ2v) is 12.7. The SMILES string of the molecule is Cc1cc(/C=c2/sc3n(c2=O)[C@@H](c2cccs2)C2=C(N=3)c3ccccc3CC2)c(C)n1-c1ccc(Cl)c(Cl)c1. The van der Waals surface area contributed by atoms with Gasteiger partial charge in [-0.05, 0) is 85.2 Å². The Hall–Kier alpha value is -3.16. The topological polar surface area (TPSA) is 39.3 Å². The highest BCUT2D eigenvalue weighted by molar-refractivity contribution is 7.10. The van der Waals surface area contributed by atoms with Gasteiger partial charge in [0.05, 0.1) is 26.3 Å². The van der Waals surface area contributed by atoms with Crippen LogP contribution in [0.3, 0.4) is 0 Å². The Morgan fingerprint density at radius 1 is 1.00 bits per heavy atom. The van der Waals surface area contributed by atoms with E-state index in [1.54, 1.807) is 17.4 Å². The smallest absolute Gasteiger partial charge is 0.271 e. The second kappa shape index (κ2) is 9.49. The van der Waals surface area contributed by atoms with Gasteiger partial charge in [-0.15, -0.1) is 11.3 Å². The summed E-state index contributed by atoms with van der Waals surface area (Å²) >= 11 is 15.6. The molecule has 194 valence electrons. The van der Waals surface area contributed by atoms with E-state index in [4.69, 9.17) is 28.2 Å². The van der Waals surface area contributed by atoms with E-state index in [-0.39, 0.29) is 11.6 Å². The molecule has 4 nitrogen and oxygen atoms in total. The maximum Gasteiger partial charge on any atom is 0.271 e. The van der Waals surface area contributed by atoms with Gasteiger partial charge in [0.1, 0.15) is 0 Å². The standard InChI is InChI=1S/C31H23Cl2N3OS2/c1-17-14-20(18(2)35(17)21-10-12-24(32)25(33)16-21)15-27-30(37)36-29(26-8-5-13-38-26)23-11-9-19-6-3-4-7-22(19)28(23)34-31(36)39-27/h3-8,10,12-16,29H,9,11H2,1-2H3/b27-15+/t29-/m1/s1. The largest absolute Gasteiger partial charge is 0.318 e. The summed E-state index contributed by atoms with van der Waals surface area (Å²) in [5, 5.41) is 3.12. The molecule has 0 amide bonds. The molecule has 1 aliphatic carbocycles. The molecule has 2 aliphatic rings. The molecule has 1 atom stereocenters. The summed E-state index contributed by atoms with van der Waals surface area (Å²) in [5.74, 6) is 0. The Kier molecular flexibility index (Phi) is 6.05. The zero-order chi connectivity index (χ0) is 26.8. The summed E-state index contributed by atoms with van der Waals surface area (Å²) in [6, 6.07) is 20.3. The third-order valence-electron chi connectivity index (χ3n) is 7.60. The van der Waals surface area contributed by atoms with E-state index in [2.05, 4.69) is 66.3 Å². The van der Waals surface area contributed by atoms with Crippen molar-refractivity contribution in [2.75, 3.05) is 0 Å². The van der Waals surface area contributed by atoms with Gasteiger partial charge in [0.15, 0.2) is 4.80 Å². The number of halogens is 2. The molecule has 0 fully saturated rings. The van der Waals surface area contributed by atoms with Gasteiger partial charge >= 0.3 is 0 Å². The number of nitrogens with zero attached hydrogens (tertiary/aromatic N) is 3. The van der Waals surface area contributed by atoms with Crippen LogP contribution < -0.4 is 14.9 Å². The lowest BCUT2D eigenvalue weighted by molar-refractivity contribution is 0.593. The van der Waals surface area contributed by atoms with Crippen molar-refractivity contribution in [3.05, 3.63) is 134 Å². The molecule has 7 rings (SSSR count). The average molecular weight is 589 g/mol. The first kappa shape index (κ1) is 24.9. The summed E-state index contributed by atoms with van der Waals surface area (Å²) in [4.78, 5) is 21.1. The maximum atomic E-state index is 14.0. The van der Waals surface area contributed by atoms with Crippen LogP contribution in [0.15, 0.2) is 81.4 Å². The molecule has 0 unspecified atom stereocenters. The second-order valence-electron chi connectivity index (χ2n) is 9.89. The van der Waals surface area contributed by atoms with Crippen LogP contribution in [-0.4, -0.2) is 9.13 Å². The Morgan fingerprint density at radius 3 is 2.64 bits per heavy atom. The number of fused-ring (bicyclic) bond motifs is 3. The van der Waals surface area contributed by atoms with Crippen molar-refractivity contribution >= 4 is 57.6 Å². The molecular formula is C31H23Cl2N3OS2. The first-order valence-electron chi connectivity index (χ1n) is 12.7. The molecule has 0 saturated carbocycles. The third kappa shape index (κ3) is 4.01. The minimum Gasteiger partial charge on any atom is -0.318 e. The number of thiazole rings is 1. The van der Waals surface area contributed by atoms with Crippen LogP contribution in [0.5, 0.6) is 0 Å². The van der Waals surface area contributed by atoms with Gasteiger partial charge < -0.3 is 4.57 Å². The van der Waals surface area contributed by atoms with E-state index in [1.165, 1.54) is 32.9 Å².